The fourth-order valence-electron chi connectivity index (χ4n) is 3.18. The van der Waals surface area contributed by atoms with Crippen LogP contribution >= 0.6 is 11.8 Å². The van der Waals surface area contributed by atoms with Gasteiger partial charge in [0.25, 0.3) is 0 Å². The maximum absolute atomic E-state index is 12.7. The van der Waals surface area contributed by atoms with Crippen molar-refractivity contribution >= 4 is 17.7 Å². The van der Waals surface area contributed by atoms with E-state index in [9.17, 15) is 4.79 Å². The van der Waals surface area contributed by atoms with Gasteiger partial charge in [0.15, 0.2) is 16.7 Å². The zero-order valence-electron chi connectivity index (χ0n) is 14.4. The Labute approximate surface area is 146 Å². The van der Waals surface area contributed by atoms with Crippen molar-refractivity contribution in [3.63, 3.8) is 0 Å². The number of rotatable bonds is 5. The fourth-order valence-corrected chi connectivity index (χ4v) is 4.10. The van der Waals surface area contributed by atoms with E-state index in [0.717, 1.165) is 18.0 Å². The van der Waals surface area contributed by atoms with Gasteiger partial charge < -0.3 is 13.9 Å². The number of hydrogen-bond acceptors (Lipinski definition) is 5. The van der Waals surface area contributed by atoms with E-state index in [0.29, 0.717) is 17.6 Å². The van der Waals surface area contributed by atoms with Crippen LogP contribution in [0.1, 0.15) is 39.0 Å². The molecule has 0 saturated heterocycles. The maximum atomic E-state index is 12.7. The Morgan fingerprint density at radius 3 is 2.79 bits per heavy atom. The second-order valence-electron chi connectivity index (χ2n) is 6.34. The number of aromatic nitrogens is 3. The highest BCUT2D eigenvalue weighted by Gasteiger charge is 2.27. The SMILES string of the molecule is C[C@H](Sc1nnc(-c2ccco2)n1C)C(=O)N(C)C1CCCCC1. The number of hydrogen-bond donors (Lipinski definition) is 0. The summed E-state index contributed by atoms with van der Waals surface area (Å²) in [5.74, 6) is 1.51. The van der Waals surface area contributed by atoms with Crippen LogP contribution in [0, 0.1) is 0 Å². The summed E-state index contributed by atoms with van der Waals surface area (Å²) in [6, 6.07) is 4.05. The van der Waals surface area contributed by atoms with E-state index in [1.165, 1.54) is 31.0 Å². The van der Waals surface area contributed by atoms with Gasteiger partial charge in [-0.2, -0.15) is 0 Å². The lowest BCUT2D eigenvalue weighted by atomic mass is 9.94. The second-order valence-corrected chi connectivity index (χ2v) is 7.65. The van der Waals surface area contributed by atoms with Gasteiger partial charge >= 0.3 is 0 Å². The molecular formula is C17H24N4O2S. The summed E-state index contributed by atoms with van der Waals surface area (Å²) < 4.78 is 7.24. The number of carbonyl (C=O) groups excluding carboxylic acids is 1. The molecule has 0 unspecified atom stereocenters. The van der Waals surface area contributed by atoms with Gasteiger partial charge in [-0.05, 0) is 31.9 Å². The lowest BCUT2D eigenvalue weighted by molar-refractivity contribution is -0.131. The Bertz CT molecular complexity index is 677. The van der Waals surface area contributed by atoms with Gasteiger partial charge in [0.05, 0.1) is 11.5 Å². The molecule has 6 nitrogen and oxygen atoms in total. The molecule has 130 valence electrons. The lowest BCUT2D eigenvalue weighted by Crippen LogP contribution is -2.42. The molecule has 0 N–H and O–H groups in total. The molecule has 0 bridgehead atoms. The number of carbonyl (C=O) groups is 1. The normalized spacial score (nSPS) is 17.0. The first-order valence-electron chi connectivity index (χ1n) is 8.44. The minimum atomic E-state index is -0.190. The third kappa shape index (κ3) is 3.50. The molecule has 24 heavy (non-hydrogen) atoms. The van der Waals surface area contributed by atoms with Crippen molar-refractivity contribution < 1.29 is 9.21 Å². The van der Waals surface area contributed by atoms with Gasteiger partial charge in [0.2, 0.25) is 5.91 Å². The van der Waals surface area contributed by atoms with Gasteiger partial charge in [-0.15, -0.1) is 10.2 Å². The Hall–Kier alpha value is -1.76. The van der Waals surface area contributed by atoms with Crippen LogP contribution in [0.2, 0.25) is 0 Å². The van der Waals surface area contributed by atoms with Crippen LogP contribution in [0.25, 0.3) is 11.6 Å². The molecule has 1 saturated carbocycles. The van der Waals surface area contributed by atoms with E-state index < -0.39 is 0 Å². The average molecular weight is 348 g/mol. The highest BCUT2D eigenvalue weighted by Crippen LogP contribution is 2.28. The summed E-state index contributed by atoms with van der Waals surface area (Å²) in [5.41, 5.74) is 0. The molecule has 7 heteroatoms. The predicted molar refractivity (Wildman–Crippen MR) is 93.7 cm³/mol. The molecule has 1 aliphatic rings. The number of nitrogens with zero attached hydrogens (tertiary/aromatic N) is 4. The summed E-state index contributed by atoms with van der Waals surface area (Å²) in [4.78, 5) is 14.7. The molecule has 0 aliphatic heterocycles. The second kappa shape index (κ2) is 7.42. The first-order valence-corrected chi connectivity index (χ1v) is 9.32. The number of furan rings is 1. The molecule has 0 radical (unpaired) electrons. The monoisotopic (exact) mass is 348 g/mol. The third-order valence-electron chi connectivity index (χ3n) is 4.68. The van der Waals surface area contributed by atoms with E-state index in [4.69, 9.17) is 4.42 Å². The minimum absolute atomic E-state index is 0.162. The standard InChI is InChI=1S/C17H24N4O2S/c1-12(16(22)20(2)13-8-5-4-6-9-13)24-17-19-18-15(21(17)3)14-10-7-11-23-14/h7,10-13H,4-6,8-9H2,1-3H3/t12-/m0/s1. The molecule has 1 aliphatic carbocycles. The van der Waals surface area contributed by atoms with Gasteiger partial charge in [0.1, 0.15) is 0 Å². The van der Waals surface area contributed by atoms with Crippen LogP contribution in [0.4, 0.5) is 0 Å². The minimum Gasteiger partial charge on any atom is -0.461 e. The average Bonchev–Trinajstić information content (AvgIpc) is 3.25. The topological polar surface area (TPSA) is 64.2 Å². The smallest absolute Gasteiger partial charge is 0.235 e. The van der Waals surface area contributed by atoms with Crippen molar-refractivity contribution in [2.24, 2.45) is 7.05 Å². The van der Waals surface area contributed by atoms with Crippen molar-refractivity contribution in [3.05, 3.63) is 18.4 Å². The van der Waals surface area contributed by atoms with Crippen LogP contribution in [-0.4, -0.2) is 43.9 Å². The first kappa shape index (κ1) is 17.1. The fraction of sp³-hybridized carbons (Fsp3) is 0.588. The molecular weight excluding hydrogens is 324 g/mol. The van der Waals surface area contributed by atoms with Gasteiger partial charge in [-0.25, -0.2) is 0 Å². The van der Waals surface area contributed by atoms with Crippen LogP contribution in [0.15, 0.2) is 28.0 Å². The zero-order chi connectivity index (χ0) is 17.1. The molecule has 1 atom stereocenters. The Morgan fingerprint density at radius 2 is 2.12 bits per heavy atom. The van der Waals surface area contributed by atoms with Crippen molar-refractivity contribution in [2.75, 3.05) is 7.05 Å². The molecule has 1 amide bonds. The molecule has 0 aromatic carbocycles. The van der Waals surface area contributed by atoms with Gasteiger partial charge in [-0.3, -0.25) is 4.79 Å². The lowest BCUT2D eigenvalue weighted by Gasteiger charge is -2.32. The molecule has 0 spiro atoms. The Kier molecular flexibility index (Phi) is 5.28. The van der Waals surface area contributed by atoms with E-state index in [1.54, 1.807) is 6.26 Å². The zero-order valence-corrected chi connectivity index (χ0v) is 15.3. The van der Waals surface area contributed by atoms with Crippen LogP contribution in [-0.2, 0) is 11.8 Å². The number of amides is 1. The first-order chi connectivity index (χ1) is 11.6. The summed E-state index contributed by atoms with van der Waals surface area (Å²) in [5, 5.41) is 8.92. The molecule has 2 aromatic rings. The summed E-state index contributed by atoms with van der Waals surface area (Å²) in [6.45, 7) is 1.94. The Balaban J connectivity index is 1.66. The largest absolute Gasteiger partial charge is 0.461 e. The van der Waals surface area contributed by atoms with Crippen molar-refractivity contribution in [1.82, 2.24) is 19.7 Å². The van der Waals surface area contributed by atoms with Gasteiger partial charge in [-0.1, -0.05) is 31.0 Å². The molecule has 1 fully saturated rings. The van der Waals surface area contributed by atoms with Crippen LogP contribution in [0.3, 0.4) is 0 Å². The van der Waals surface area contributed by atoms with Crippen molar-refractivity contribution in [1.29, 1.82) is 0 Å². The van der Waals surface area contributed by atoms with Crippen molar-refractivity contribution in [2.45, 2.75) is 55.5 Å². The highest BCUT2D eigenvalue weighted by atomic mass is 32.2. The van der Waals surface area contributed by atoms with Crippen LogP contribution < -0.4 is 0 Å². The van der Waals surface area contributed by atoms with E-state index in [-0.39, 0.29) is 11.2 Å². The molecule has 3 rings (SSSR count). The quantitative estimate of drug-likeness (QED) is 0.775. The van der Waals surface area contributed by atoms with E-state index in [2.05, 4.69) is 10.2 Å². The summed E-state index contributed by atoms with van der Waals surface area (Å²) >= 11 is 1.45. The van der Waals surface area contributed by atoms with E-state index in [1.807, 2.05) is 42.6 Å². The molecule has 2 heterocycles. The van der Waals surface area contributed by atoms with Crippen LogP contribution in [0.5, 0.6) is 0 Å². The molecule has 2 aromatic heterocycles. The number of thioether (sulfide) groups is 1. The Morgan fingerprint density at radius 1 is 1.38 bits per heavy atom. The highest BCUT2D eigenvalue weighted by molar-refractivity contribution is 8.00. The predicted octanol–water partition coefficient (Wildman–Crippen LogP) is 3.35. The third-order valence-corrected chi connectivity index (χ3v) is 5.80. The summed E-state index contributed by atoms with van der Waals surface area (Å²) in [6.07, 6.45) is 7.58. The summed E-state index contributed by atoms with van der Waals surface area (Å²) in [7, 11) is 3.82. The van der Waals surface area contributed by atoms with E-state index >= 15 is 0 Å². The van der Waals surface area contributed by atoms with Gasteiger partial charge in [0, 0.05) is 20.1 Å². The maximum Gasteiger partial charge on any atom is 0.235 e. The van der Waals surface area contributed by atoms with Crippen molar-refractivity contribution in [3.8, 4) is 11.6 Å².